The lowest BCUT2D eigenvalue weighted by atomic mass is 10.1. The lowest BCUT2D eigenvalue weighted by molar-refractivity contribution is -0.136. The van der Waals surface area contributed by atoms with Gasteiger partial charge in [-0.15, -0.1) is 0 Å². The van der Waals surface area contributed by atoms with Crippen molar-refractivity contribution in [3.8, 4) is 0 Å². The quantitative estimate of drug-likeness (QED) is 0.908. The molecular weight excluding hydrogens is 294 g/mol. The summed E-state index contributed by atoms with van der Waals surface area (Å²) in [5.41, 5.74) is 7.97. The van der Waals surface area contributed by atoms with Crippen molar-refractivity contribution in [3.05, 3.63) is 41.5 Å². The van der Waals surface area contributed by atoms with Gasteiger partial charge < -0.3 is 15.2 Å². The molecule has 122 valence electrons. The van der Waals surface area contributed by atoms with Crippen molar-refractivity contribution in [1.29, 1.82) is 0 Å². The topological polar surface area (TPSA) is 86.1 Å². The van der Waals surface area contributed by atoms with Gasteiger partial charge in [-0.1, -0.05) is 6.92 Å². The second-order valence-corrected chi connectivity index (χ2v) is 5.84. The molecular formula is C16H21N5O2. The highest BCUT2D eigenvalue weighted by molar-refractivity contribution is 5.92. The van der Waals surface area contributed by atoms with Crippen LogP contribution in [0.4, 0.5) is 0 Å². The Morgan fingerprint density at radius 1 is 1.43 bits per heavy atom. The third-order valence-corrected chi connectivity index (χ3v) is 4.52. The van der Waals surface area contributed by atoms with E-state index in [1.807, 2.05) is 37.2 Å². The molecule has 0 aliphatic carbocycles. The van der Waals surface area contributed by atoms with Crippen LogP contribution in [0, 0.1) is 0 Å². The van der Waals surface area contributed by atoms with Crippen LogP contribution in [0.1, 0.15) is 41.1 Å². The molecule has 1 aliphatic heterocycles. The van der Waals surface area contributed by atoms with E-state index in [0.717, 1.165) is 17.7 Å². The monoisotopic (exact) mass is 315 g/mol. The van der Waals surface area contributed by atoms with E-state index in [1.54, 1.807) is 15.4 Å². The summed E-state index contributed by atoms with van der Waals surface area (Å²) < 4.78 is 3.50. The molecule has 2 aromatic heterocycles. The molecule has 2 amide bonds. The highest BCUT2D eigenvalue weighted by Crippen LogP contribution is 2.25. The van der Waals surface area contributed by atoms with E-state index in [-0.39, 0.29) is 11.9 Å². The number of rotatable bonds is 4. The fourth-order valence-corrected chi connectivity index (χ4v) is 3.22. The van der Waals surface area contributed by atoms with Crippen LogP contribution in [0.2, 0.25) is 0 Å². The van der Waals surface area contributed by atoms with Gasteiger partial charge in [0.25, 0.3) is 5.91 Å². The van der Waals surface area contributed by atoms with E-state index in [4.69, 9.17) is 5.73 Å². The van der Waals surface area contributed by atoms with Crippen molar-refractivity contribution in [2.75, 3.05) is 6.54 Å². The second-order valence-electron chi connectivity index (χ2n) is 5.84. The molecule has 7 heteroatoms. The zero-order valence-electron chi connectivity index (χ0n) is 13.4. The number of amides is 2. The summed E-state index contributed by atoms with van der Waals surface area (Å²) in [7, 11) is 1.82. The first kappa shape index (κ1) is 15.3. The summed E-state index contributed by atoms with van der Waals surface area (Å²) in [6.45, 7) is 3.12. The number of nitrogens with two attached hydrogens (primary N) is 1. The largest absolute Gasteiger partial charge is 0.364 e. The molecule has 3 heterocycles. The number of carbonyl (C=O) groups excluding carboxylic acids is 2. The molecule has 0 unspecified atom stereocenters. The average Bonchev–Trinajstić information content (AvgIpc) is 3.16. The van der Waals surface area contributed by atoms with Gasteiger partial charge in [-0.05, 0) is 30.5 Å². The molecule has 0 spiro atoms. The van der Waals surface area contributed by atoms with Crippen molar-refractivity contribution in [2.45, 2.75) is 32.4 Å². The van der Waals surface area contributed by atoms with Crippen LogP contribution in [-0.2, 0) is 24.8 Å². The van der Waals surface area contributed by atoms with Crippen molar-refractivity contribution in [2.24, 2.45) is 12.8 Å². The predicted octanol–water partition coefficient (Wildman–Crippen LogP) is 0.856. The van der Waals surface area contributed by atoms with Gasteiger partial charge in [-0.25, -0.2) is 0 Å². The van der Waals surface area contributed by atoms with Gasteiger partial charge in [-0.2, -0.15) is 5.10 Å². The van der Waals surface area contributed by atoms with Crippen LogP contribution in [0.5, 0.6) is 0 Å². The predicted molar refractivity (Wildman–Crippen MR) is 84.6 cm³/mol. The fraction of sp³-hybridized carbons (Fsp3) is 0.438. The first-order valence-electron chi connectivity index (χ1n) is 7.78. The molecule has 0 saturated heterocycles. The van der Waals surface area contributed by atoms with Gasteiger partial charge in [0.15, 0.2) is 0 Å². The first-order chi connectivity index (χ1) is 11.0. The summed E-state index contributed by atoms with van der Waals surface area (Å²) in [5.74, 6) is -0.383. The van der Waals surface area contributed by atoms with E-state index in [0.29, 0.717) is 25.2 Å². The molecule has 3 rings (SSSR count). The number of carbonyl (C=O) groups is 2. The zero-order chi connectivity index (χ0) is 16.6. The normalized spacial score (nSPS) is 15.3. The van der Waals surface area contributed by atoms with Crippen LogP contribution >= 0.6 is 0 Å². The minimum atomic E-state index is -0.442. The summed E-state index contributed by atoms with van der Waals surface area (Å²) in [6.07, 6.45) is 4.91. The van der Waals surface area contributed by atoms with Gasteiger partial charge in [0.2, 0.25) is 5.91 Å². The standard InChI is InChI=1S/C16H21N5O2/c1-3-12(21-7-4-6-18-21)16(23)20-8-5-11-9-13(15(17)22)19(2)14(11)10-20/h4,6-7,9,12H,3,5,8,10H2,1-2H3,(H2,17,22)/t12-/m0/s1. The summed E-state index contributed by atoms with van der Waals surface area (Å²) in [6, 6.07) is 3.37. The van der Waals surface area contributed by atoms with Crippen molar-refractivity contribution >= 4 is 11.8 Å². The maximum atomic E-state index is 12.9. The third-order valence-electron chi connectivity index (χ3n) is 4.52. The number of fused-ring (bicyclic) bond motifs is 1. The van der Waals surface area contributed by atoms with Crippen LogP contribution in [0.3, 0.4) is 0 Å². The smallest absolute Gasteiger partial charge is 0.265 e. The summed E-state index contributed by atoms with van der Waals surface area (Å²) >= 11 is 0. The molecule has 0 saturated carbocycles. The van der Waals surface area contributed by atoms with Gasteiger partial charge in [0.05, 0.1) is 6.54 Å². The molecule has 2 N–H and O–H groups in total. The molecule has 7 nitrogen and oxygen atoms in total. The summed E-state index contributed by atoms with van der Waals surface area (Å²) in [4.78, 5) is 26.2. The van der Waals surface area contributed by atoms with Gasteiger partial charge in [0, 0.05) is 31.7 Å². The minimum absolute atomic E-state index is 0.0590. The van der Waals surface area contributed by atoms with E-state index < -0.39 is 5.91 Å². The van der Waals surface area contributed by atoms with Crippen LogP contribution in [0.25, 0.3) is 0 Å². The Labute approximate surface area is 134 Å². The summed E-state index contributed by atoms with van der Waals surface area (Å²) in [5, 5.41) is 4.20. The van der Waals surface area contributed by atoms with Crippen LogP contribution in [0.15, 0.2) is 24.5 Å². The molecule has 0 aromatic carbocycles. The molecule has 2 aromatic rings. The fourth-order valence-electron chi connectivity index (χ4n) is 3.22. The lowest BCUT2D eigenvalue weighted by Crippen LogP contribution is -2.41. The number of nitrogens with zero attached hydrogens (tertiary/aromatic N) is 4. The molecule has 0 radical (unpaired) electrons. The van der Waals surface area contributed by atoms with Crippen molar-refractivity contribution < 1.29 is 9.59 Å². The van der Waals surface area contributed by atoms with E-state index in [1.165, 1.54) is 0 Å². The Hall–Kier alpha value is -2.57. The molecule has 1 atom stereocenters. The maximum Gasteiger partial charge on any atom is 0.265 e. The Morgan fingerprint density at radius 3 is 2.83 bits per heavy atom. The van der Waals surface area contributed by atoms with Crippen LogP contribution < -0.4 is 5.73 Å². The third kappa shape index (κ3) is 2.62. The highest BCUT2D eigenvalue weighted by atomic mass is 16.2. The maximum absolute atomic E-state index is 12.9. The molecule has 1 aliphatic rings. The minimum Gasteiger partial charge on any atom is -0.364 e. The van der Waals surface area contributed by atoms with Crippen molar-refractivity contribution in [1.82, 2.24) is 19.2 Å². The first-order valence-corrected chi connectivity index (χ1v) is 7.78. The van der Waals surface area contributed by atoms with E-state index >= 15 is 0 Å². The SMILES string of the molecule is CC[C@@H](C(=O)N1CCc2cc(C(N)=O)n(C)c2C1)n1cccn1. The Morgan fingerprint density at radius 2 is 2.22 bits per heavy atom. The van der Waals surface area contributed by atoms with E-state index in [2.05, 4.69) is 5.10 Å². The number of hydrogen-bond donors (Lipinski definition) is 1. The lowest BCUT2D eigenvalue weighted by Gasteiger charge is -2.31. The molecule has 0 bridgehead atoms. The van der Waals surface area contributed by atoms with Gasteiger partial charge in [0.1, 0.15) is 11.7 Å². The van der Waals surface area contributed by atoms with E-state index in [9.17, 15) is 9.59 Å². The van der Waals surface area contributed by atoms with Gasteiger partial charge in [-0.3, -0.25) is 14.3 Å². The van der Waals surface area contributed by atoms with Gasteiger partial charge >= 0.3 is 0 Å². The Bertz CT molecular complexity index is 732. The average molecular weight is 315 g/mol. The van der Waals surface area contributed by atoms with Crippen molar-refractivity contribution in [3.63, 3.8) is 0 Å². The second kappa shape index (κ2) is 5.91. The number of primary amides is 1. The van der Waals surface area contributed by atoms with Crippen LogP contribution in [-0.4, -0.2) is 37.6 Å². The zero-order valence-corrected chi connectivity index (χ0v) is 13.4. The number of hydrogen-bond acceptors (Lipinski definition) is 3. The highest BCUT2D eigenvalue weighted by Gasteiger charge is 2.30. The molecule has 23 heavy (non-hydrogen) atoms. The Balaban J connectivity index is 1.84. The number of aromatic nitrogens is 3. The molecule has 0 fully saturated rings. The Kier molecular flexibility index (Phi) is 3.94.